The van der Waals surface area contributed by atoms with Crippen LogP contribution in [0.15, 0.2) is 11.0 Å². The average Bonchev–Trinajstić information content (AvgIpc) is 3.49. The van der Waals surface area contributed by atoms with Crippen LogP contribution in [0, 0.1) is 30.1 Å². The highest BCUT2D eigenvalue weighted by atomic mass is 32.2. The van der Waals surface area contributed by atoms with Gasteiger partial charge in [-0.05, 0) is 44.9 Å². The highest BCUT2D eigenvalue weighted by Crippen LogP contribution is 2.43. The van der Waals surface area contributed by atoms with Gasteiger partial charge in [0.15, 0.2) is 0 Å². The van der Waals surface area contributed by atoms with Crippen molar-refractivity contribution in [2.24, 2.45) is 11.8 Å². The number of nitrogens with one attached hydrogen (secondary N) is 1. The quantitative estimate of drug-likeness (QED) is 0.565. The Hall–Kier alpha value is -2.31. The van der Waals surface area contributed by atoms with Gasteiger partial charge in [-0.1, -0.05) is 26.8 Å². The molecule has 0 aliphatic carbocycles. The maximum atomic E-state index is 12.6. The number of fused-ring (bicyclic) bond motifs is 3. The Balaban J connectivity index is 1.24. The zero-order valence-electron chi connectivity index (χ0n) is 23.4. The van der Waals surface area contributed by atoms with Crippen molar-refractivity contribution in [1.29, 1.82) is 5.26 Å². The van der Waals surface area contributed by atoms with Gasteiger partial charge in [-0.3, -0.25) is 14.5 Å². The maximum Gasteiger partial charge on any atom is 0.225 e. The van der Waals surface area contributed by atoms with Gasteiger partial charge in [-0.25, -0.2) is 4.98 Å². The van der Waals surface area contributed by atoms with E-state index in [1.54, 1.807) is 18.7 Å². The highest BCUT2D eigenvalue weighted by molar-refractivity contribution is 8.04. The number of allylic oxidation sites excluding steroid dienone is 2. The third kappa shape index (κ3) is 5.27. The number of imidazole rings is 1. The Labute approximate surface area is 231 Å². The number of rotatable bonds is 7. The Morgan fingerprint density at radius 3 is 2.55 bits per heavy atom. The monoisotopic (exact) mass is 538 g/mol. The number of aromatic nitrogens is 2. The van der Waals surface area contributed by atoms with E-state index in [0.717, 1.165) is 55.2 Å². The molecule has 206 valence electrons. The SMILES string of the molecule is CC(=O)N[C@@H](CCN1C2CCC1CC(n1c(C)nc3c1CCN(C(=O)C(C)C)C3)C2)C1SC(C#N)=CC1C. The lowest BCUT2D eigenvalue weighted by Crippen LogP contribution is -2.48. The minimum atomic E-state index is 0.00362. The van der Waals surface area contributed by atoms with Gasteiger partial charge in [-0.2, -0.15) is 5.26 Å². The predicted molar refractivity (Wildman–Crippen MR) is 149 cm³/mol. The molecule has 4 unspecified atom stereocenters. The first kappa shape index (κ1) is 27.3. The van der Waals surface area contributed by atoms with Gasteiger partial charge in [-0.15, -0.1) is 11.8 Å². The average molecular weight is 539 g/mol. The van der Waals surface area contributed by atoms with Crippen molar-refractivity contribution in [3.63, 3.8) is 0 Å². The number of nitrogens with zero attached hydrogens (tertiary/aromatic N) is 5. The van der Waals surface area contributed by atoms with Crippen LogP contribution in [0.4, 0.5) is 0 Å². The van der Waals surface area contributed by atoms with Crippen molar-refractivity contribution in [3.8, 4) is 6.07 Å². The molecule has 4 aliphatic heterocycles. The lowest BCUT2D eigenvalue weighted by molar-refractivity contribution is -0.135. The molecule has 9 heteroatoms. The van der Waals surface area contributed by atoms with Crippen LogP contribution in [0.3, 0.4) is 0 Å². The Bertz CT molecular complexity index is 1140. The first-order chi connectivity index (χ1) is 18.2. The summed E-state index contributed by atoms with van der Waals surface area (Å²) in [7, 11) is 0. The molecule has 0 saturated carbocycles. The van der Waals surface area contributed by atoms with Crippen LogP contribution in [0.1, 0.15) is 83.1 Å². The van der Waals surface area contributed by atoms with Crippen LogP contribution >= 0.6 is 11.8 Å². The lowest BCUT2D eigenvalue weighted by atomic mass is 9.94. The van der Waals surface area contributed by atoms with Crippen LogP contribution in [-0.2, 0) is 22.6 Å². The summed E-state index contributed by atoms with van der Waals surface area (Å²) in [6, 6.07) is 3.93. The van der Waals surface area contributed by atoms with Gasteiger partial charge in [0, 0.05) is 67.5 Å². The van der Waals surface area contributed by atoms with E-state index in [9.17, 15) is 14.9 Å². The molecule has 1 aromatic heterocycles. The van der Waals surface area contributed by atoms with E-state index in [-0.39, 0.29) is 34.9 Å². The number of hydrogen-bond acceptors (Lipinski definition) is 6. The van der Waals surface area contributed by atoms with Gasteiger partial charge < -0.3 is 14.8 Å². The number of piperidine rings is 1. The first-order valence-corrected chi connectivity index (χ1v) is 15.2. The van der Waals surface area contributed by atoms with Gasteiger partial charge in [0.05, 0.1) is 17.1 Å². The Kier molecular flexibility index (Phi) is 7.93. The fraction of sp³-hybridized carbons (Fsp3) is 0.724. The molecule has 0 spiro atoms. The summed E-state index contributed by atoms with van der Waals surface area (Å²) in [6.45, 7) is 12.2. The second kappa shape index (κ2) is 11.1. The Morgan fingerprint density at radius 1 is 1.24 bits per heavy atom. The molecule has 1 N–H and O–H groups in total. The van der Waals surface area contributed by atoms with Crippen LogP contribution in [-0.4, -0.2) is 67.6 Å². The summed E-state index contributed by atoms with van der Waals surface area (Å²) >= 11 is 1.62. The zero-order valence-corrected chi connectivity index (χ0v) is 24.3. The number of amides is 2. The second-order valence-corrected chi connectivity index (χ2v) is 13.2. The van der Waals surface area contributed by atoms with Gasteiger partial charge in [0.2, 0.25) is 11.8 Å². The van der Waals surface area contributed by atoms with Crippen molar-refractivity contribution in [1.82, 2.24) is 24.7 Å². The highest BCUT2D eigenvalue weighted by Gasteiger charge is 2.43. The molecule has 5 heterocycles. The third-order valence-corrected chi connectivity index (χ3v) is 10.6. The fourth-order valence-corrected chi connectivity index (χ4v) is 8.71. The molecule has 1 aromatic rings. The number of hydrogen-bond donors (Lipinski definition) is 1. The van der Waals surface area contributed by atoms with Crippen LogP contribution in [0.25, 0.3) is 0 Å². The molecular formula is C29H42N6O2S. The number of nitriles is 1. The minimum Gasteiger partial charge on any atom is -0.352 e. The molecule has 8 nitrogen and oxygen atoms in total. The second-order valence-electron chi connectivity index (χ2n) is 12.0. The van der Waals surface area contributed by atoms with E-state index < -0.39 is 0 Å². The summed E-state index contributed by atoms with van der Waals surface area (Å²) in [5.41, 5.74) is 2.43. The normalized spacial score (nSPS) is 29.7. The number of carbonyl (C=O) groups is 2. The van der Waals surface area contributed by atoms with Crippen molar-refractivity contribution in [2.75, 3.05) is 13.1 Å². The summed E-state index contributed by atoms with van der Waals surface area (Å²) in [5, 5.41) is 12.8. The molecular weight excluding hydrogens is 496 g/mol. The molecule has 2 saturated heterocycles. The largest absolute Gasteiger partial charge is 0.352 e. The molecule has 38 heavy (non-hydrogen) atoms. The number of thioether (sulfide) groups is 1. The van der Waals surface area contributed by atoms with E-state index in [1.165, 1.54) is 18.5 Å². The van der Waals surface area contributed by atoms with Gasteiger partial charge in [0.1, 0.15) is 11.9 Å². The van der Waals surface area contributed by atoms with E-state index in [4.69, 9.17) is 4.98 Å². The summed E-state index contributed by atoms with van der Waals surface area (Å²) in [4.78, 5) is 35.0. The first-order valence-electron chi connectivity index (χ1n) is 14.3. The standard InChI is InChI=1S/C29H42N6O2S/c1-17(2)29(37)33-10-9-27-26(16-33)31-19(4)35(27)23-13-21-6-7-22(14-23)34(21)11-8-25(32-20(5)36)28-18(3)12-24(15-30)38-28/h12,17-18,21-23,25,28H,6-11,13-14,16H2,1-5H3,(H,32,36)/t18?,21?,22?,23?,25-,28?/m0/s1. The molecule has 2 amide bonds. The fourth-order valence-electron chi connectivity index (χ4n) is 7.41. The number of aryl methyl sites for hydroxylation is 1. The molecule has 0 aromatic carbocycles. The maximum absolute atomic E-state index is 12.6. The summed E-state index contributed by atoms with van der Waals surface area (Å²) in [6.07, 6.45) is 8.57. The molecule has 0 radical (unpaired) electrons. The minimum absolute atomic E-state index is 0.00362. The van der Waals surface area contributed by atoms with Crippen molar-refractivity contribution >= 4 is 23.6 Å². The van der Waals surface area contributed by atoms with E-state index in [0.29, 0.717) is 24.7 Å². The lowest BCUT2D eigenvalue weighted by Gasteiger charge is -2.41. The van der Waals surface area contributed by atoms with Gasteiger partial charge in [0.25, 0.3) is 0 Å². The third-order valence-electron chi connectivity index (χ3n) is 9.05. The van der Waals surface area contributed by atoms with E-state index >= 15 is 0 Å². The smallest absolute Gasteiger partial charge is 0.225 e. The number of carbonyl (C=O) groups excluding carboxylic acids is 2. The van der Waals surface area contributed by atoms with Crippen molar-refractivity contribution in [3.05, 3.63) is 28.2 Å². The predicted octanol–water partition coefficient (Wildman–Crippen LogP) is 3.95. The van der Waals surface area contributed by atoms with Gasteiger partial charge >= 0.3 is 0 Å². The topological polar surface area (TPSA) is 94.3 Å². The van der Waals surface area contributed by atoms with Crippen molar-refractivity contribution < 1.29 is 9.59 Å². The van der Waals surface area contributed by atoms with Crippen LogP contribution in [0.5, 0.6) is 0 Å². The van der Waals surface area contributed by atoms with E-state index in [1.807, 2.05) is 24.8 Å². The van der Waals surface area contributed by atoms with E-state index in [2.05, 4.69) is 34.7 Å². The molecule has 2 fully saturated rings. The molecule has 4 aliphatic rings. The van der Waals surface area contributed by atoms with Crippen molar-refractivity contribution in [2.45, 2.75) is 109 Å². The zero-order chi connectivity index (χ0) is 27.1. The molecule has 5 atom stereocenters. The molecule has 5 rings (SSSR count). The summed E-state index contributed by atoms with van der Waals surface area (Å²) < 4.78 is 2.52. The van der Waals surface area contributed by atoms with Crippen LogP contribution < -0.4 is 5.32 Å². The molecule has 2 bridgehead atoms. The summed E-state index contributed by atoms with van der Waals surface area (Å²) in [5.74, 6) is 1.60. The van der Waals surface area contributed by atoms with Crippen LogP contribution in [0.2, 0.25) is 0 Å². The Morgan fingerprint density at radius 2 is 1.95 bits per heavy atom.